The zero-order valence-electron chi connectivity index (χ0n) is 11.6. The Labute approximate surface area is 133 Å². The third-order valence-electron chi connectivity index (χ3n) is 3.21. The molecule has 0 aliphatic carbocycles. The number of pyridine rings is 1. The summed E-state index contributed by atoms with van der Waals surface area (Å²) in [5.41, 5.74) is 7.07. The van der Waals surface area contributed by atoms with Crippen LogP contribution in [0.1, 0.15) is 22.9 Å². The summed E-state index contributed by atoms with van der Waals surface area (Å²) >= 11 is 7.57. The monoisotopic (exact) mass is 320 g/mol. The minimum atomic E-state index is 0.0658. The van der Waals surface area contributed by atoms with E-state index in [1.54, 1.807) is 6.20 Å². The Morgan fingerprint density at radius 1 is 1.43 bits per heavy atom. The first-order chi connectivity index (χ1) is 10.2. The van der Waals surface area contributed by atoms with E-state index in [1.807, 2.05) is 30.5 Å². The van der Waals surface area contributed by atoms with Crippen LogP contribution in [-0.4, -0.2) is 23.0 Å². The van der Waals surface area contributed by atoms with E-state index in [2.05, 4.69) is 16.0 Å². The van der Waals surface area contributed by atoms with Gasteiger partial charge in [0.15, 0.2) is 0 Å². The van der Waals surface area contributed by atoms with E-state index in [0.29, 0.717) is 26.1 Å². The van der Waals surface area contributed by atoms with Crippen LogP contribution in [0.4, 0.5) is 0 Å². The van der Waals surface area contributed by atoms with Gasteiger partial charge in [0, 0.05) is 43.3 Å². The summed E-state index contributed by atoms with van der Waals surface area (Å²) in [6.45, 7) is 1.87. The van der Waals surface area contributed by atoms with Gasteiger partial charge in [-0.05, 0) is 23.8 Å². The molecule has 2 aromatic heterocycles. The smallest absolute Gasteiger partial charge is 0.0931 e. The Morgan fingerprint density at radius 2 is 2.29 bits per heavy atom. The Kier molecular flexibility index (Phi) is 6.15. The highest BCUT2D eigenvalue weighted by molar-refractivity contribution is 7.16. The van der Waals surface area contributed by atoms with Crippen molar-refractivity contribution in [2.24, 2.45) is 5.73 Å². The largest absolute Gasteiger partial charge is 0.329 e. The maximum absolute atomic E-state index is 8.87. The molecule has 6 heteroatoms. The molecule has 0 amide bonds. The molecule has 21 heavy (non-hydrogen) atoms. The fourth-order valence-electron chi connectivity index (χ4n) is 2.22. The van der Waals surface area contributed by atoms with E-state index in [9.17, 15) is 0 Å². The average Bonchev–Trinajstić information content (AvgIpc) is 2.92. The number of halogens is 1. The Hall–Kier alpha value is -1.45. The molecule has 0 aromatic carbocycles. The lowest BCUT2D eigenvalue weighted by molar-refractivity contribution is 0.199. The van der Waals surface area contributed by atoms with Crippen molar-refractivity contribution in [2.75, 3.05) is 13.1 Å². The Morgan fingerprint density at radius 3 is 2.86 bits per heavy atom. The predicted octanol–water partition coefficient (Wildman–Crippen LogP) is 3.21. The van der Waals surface area contributed by atoms with Crippen LogP contribution in [0.3, 0.4) is 0 Å². The topological polar surface area (TPSA) is 65.9 Å². The molecule has 2 rings (SSSR count). The maximum Gasteiger partial charge on any atom is 0.0931 e. The number of thiophene rings is 1. The standard InChI is InChI=1S/C15H17ClN4S/c16-15-5-4-14(21-15)13(9-18)20(8-2-6-17)11-12-3-1-7-19-10-12/h1,3-5,7,10,13H,2,8-9,11,18H2. The number of hydrogen-bond donors (Lipinski definition) is 1. The minimum Gasteiger partial charge on any atom is -0.329 e. The normalized spacial score (nSPS) is 12.3. The van der Waals surface area contributed by atoms with Crippen molar-refractivity contribution in [1.82, 2.24) is 9.88 Å². The zero-order valence-corrected chi connectivity index (χ0v) is 13.1. The molecule has 1 atom stereocenters. The Bertz CT molecular complexity index is 593. The van der Waals surface area contributed by atoms with Gasteiger partial charge in [0.1, 0.15) is 0 Å². The van der Waals surface area contributed by atoms with Gasteiger partial charge in [-0.15, -0.1) is 11.3 Å². The fraction of sp³-hybridized carbons (Fsp3) is 0.333. The van der Waals surface area contributed by atoms with Gasteiger partial charge in [0.2, 0.25) is 0 Å². The van der Waals surface area contributed by atoms with Crippen molar-refractivity contribution >= 4 is 22.9 Å². The minimum absolute atomic E-state index is 0.0658. The lowest BCUT2D eigenvalue weighted by Crippen LogP contribution is -2.33. The van der Waals surface area contributed by atoms with Gasteiger partial charge in [-0.25, -0.2) is 0 Å². The van der Waals surface area contributed by atoms with E-state index in [-0.39, 0.29) is 6.04 Å². The summed E-state index contributed by atoms with van der Waals surface area (Å²) < 4.78 is 0.755. The van der Waals surface area contributed by atoms with Gasteiger partial charge in [-0.2, -0.15) is 5.26 Å². The maximum atomic E-state index is 8.87. The van der Waals surface area contributed by atoms with Crippen LogP contribution in [0, 0.1) is 11.3 Å². The second-order valence-corrected chi connectivity index (χ2v) is 6.38. The first kappa shape index (κ1) is 15.9. The third kappa shape index (κ3) is 4.51. The van der Waals surface area contributed by atoms with E-state index < -0.39 is 0 Å². The van der Waals surface area contributed by atoms with E-state index >= 15 is 0 Å². The van der Waals surface area contributed by atoms with Crippen LogP contribution in [0.5, 0.6) is 0 Å². The van der Waals surface area contributed by atoms with Crippen molar-refractivity contribution < 1.29 is 0 Å². The highest BCUT2D eigenvalue weighted by Crippen LogP contribution is 2.31. The molecule has 0 radical (unpaired) electrons. The summed E-state index contributed by atoms with van der Waals surface area (Å²) in [5, 5.41) is 8.87. The van der Waals surface area contributed by atoms with Gasteiger partial charge in [0.05, 0.1) is 16.4 Å². The number of aromatic nitrogens is 1. The van der Waals surface area contributed by atoms with Crippen LogP contribution >= 0.6 is 22.9 Å². The van der Waals surface area contributed by atoms with Crippen molar-refractivity contribution in [3.8, 4) is 6.07 Å². The number of rotatable bonds is 7. The lowest BCUT2D eigenvalue weighted by atomic mass is 10.1. The average molecular weight is 321 g/mol. The summed E-state index contributed by atoms with van der Waals surface area (Å²) in [5.74, 6) is 0. The lowest BCUT2D eigenvalue weighted by Gasteiger charge is -2.29. The molecule has 0 fully saturated rings. The van der Waals surface area contributed by atoms with Crippen molar-refractivity contribution in [2.45, 2.75) is 19.0 Å². The summed E-state index contributed by atoms with van der Waals surface area (Å²) in [6.07, 6.45) is 4.06. The molecular weight excluding hydrogens is 304 g/mol. The number of nitrogens with two attached hydrogens (primary N) is 1. The second kappa shape index (κ2) is 8.11. The molecule has 0 saturated heterocycles. The quantitative estimate of drug-likeness (QED) is 0.850. The van der Waals surface area contributed by atoms with Crippen LogP contribution in [0.25, 0.3) is 0 Å². The zero-order chi connectivity index (χ0) is 15.1. The summed E-state index contributed by atoms with van der Waals surface area (Å²) in [7, 11) is 0. The van der Waals surface area contributed by atoms with Crippen molar-refractivity contribution in [1.29, 1.82) is 5.26 Å². The second-order valence-electron chi connectivity index (χ2n) is 4.63. The van der Waals surface area contributed by atoms with E-state index in [1.165, 1.54) is 11.3 Å². The van der Waals surface area contributed by atoms with Gasteiger partial charge in [-0.3, -0.25) is 9.88 Å². The van der Waals surface area contributed by atoms with Gasteiger partial charge in [0.25, 0.3) is 0 Å². The molecular formula is C15H17ClN4S. The SMILES string of the molecule is N#CCCN(Cc1cccnc1)C(CN)c1ccc(Cl)s1. The molecule has 2 heterocycles. The van der Waals surface area contributed by atoms with Gasteiger partial charge in [-0.1, -0.05) is 17.7 Å². The number of nitrogens with zero attached hydrogens (tertiary/aromatic N) is 3. The highest BCUT2D eigenvalue weighted by Gasteiger charge is 2.20. The molecule has 0 spiro atoms. The Balaban J connectivity index is 2.19. The van der Waals surface area contributed by atoms with Crippen LogP contribution in [0.2, 0.25) is 4.34 Å². The molecule has 0 saturated carbocycles. The van der Waals surface area contributed by atoms with Crippen LogP contribution in [0.15, 0.2) is 36.7 Å². The highest BCUT2D eigenvalue weighted by atomic mass is 35.5. The van der Waals surface area contributed by atoms with E-state index in [0.717, 1.165) is 14.8 Å². The molecule has 0 aliphatic heterocycles. The molecule has 1 unspecified atom stereocenters. The fourth-order valence-corrected chi connectivity index (χ4v) is 3.43. The first-order valence-corrected chi connectivity index (χ1v) is 7.89. The van der Waals surface area contributed by atoms with Crippen molar-refractivity contribution in [3.05, 3.63) is 51.4 Å². The number of nitriles is 1. The predicted molar refractivity (Wildman–Crippen MR) is 86.0 cm³/mol. The van der Waals surface area contributed by atoms with Crippen LogP contribution in [-0.2, 0) is 6.54 Å². The molecule has 2 aromatic rings. The molecule has 0 aliphatic rings. The summed E-state index contributed by atoms with van der Waals surface area (Å²) in [6, 6.07) is 10.1. The number of hydrogen-bond acceptors (Lipinski definition) is 5. The molecule has 110 valence electrons. The first-order valence-electron chi connectivity index (χ1n) is 6.69. The van der Waals surface area contributed by atoms with Gasteiger partial charge >= 0.3 is 0 Å². The summed E-state index contributed by atoms with van der Waals surface area (Å²) in [4.78, 5) is 7.48. The van der Waals surface area contributed by atoms with Gasteiger partial charge < -0.3 is 5.73 Å². The van der Waals surface area contributed by atoms with Crippen molar-refractivity contribution in [3.63, 3.8) is 0 Å². The van der Waals surface area contributed by atoms with E-state index in [4.69, 9.17) is 22.6 Å². The van der Waals surface area contributed by atoms with Crippen LogP contribution < -0.4 is 5.73 Å². The molecule has 2 N–H and O–H groups in total. The molecule has 0 bridgehead atoms. The molecule has 4 nitrogen and oxygen atoms in total. The third-order valence-corrected chi connectivity index (χ3v) is 4.54.